The molecule has 0 heterocycles. The zero-order chi connectivity index (χ0) is 10.8. The molecule has 1 fully saturated rings. The number of ether oxygens (including phenoxy) is 1. The number of aliphatic hydroxyl groups excluding tert-OH is 1. The van der Waals surface area contributed by atoms with Crippen LogP contribution in [0, 0.1) is 0 Å². The first-order chi connectivity index (χ1) is 6.38. The maximum Gasteiger partial charge on any atom is 0.407 e. The molecule has 0 aliphatic heterocycles. The molecular formula is C10H19NO3. The first-order valence-corrected chi connectivity index (χ1v) is 5.06. The Morgan fingerprint density at radius 3 is 2.50 bits per heavy atom. The van der Waals surface area contributed by atoms with Crippen LogP contribution < -0.4 is 5.32 Å². The van der Waals surface area contributed by atoms with Crippen LogP contribution in [0.3, 0.4) is 0 Å². The number of hydrogen-bond donors (Lipinski definition) is 2. The van der Waals surface area contributed by atoms with E-state index in [4.69, 9.17) is 4.74 Å². The highest BCUT2D eigenvalue weighted by molar-refractivity contribution is 5.68. The second kappa shape index (κ2) is 4.17. The molecule has 1 amide bonds. The fraction of sp³-hybridized carbons (Fsp3) is 0.900. The van der Waals surface area contributed by atoms with Crippen molar-refractivity contribution < 1.29 is 14.6 Å². The van der Waals surface area contributed by atoms with Crippen molar-refractivity contribution >= 4 is 6.09 Å². The molecule has 4 nitrogen and oxygen atoms in total. The Kier molecular flexibility index (Phi) is 3.37. The molecule has 0 aromatic carbocycles. The highest BCUT2D eigenvalue weighted by Gasteiger charge is 2.28. The number of rotatable bonds is 1. The Labute approximate surface area is 84.6 Å². The van der Waals surface area contributed by atoms with Gasteiger partial charge in [0.2, 0.25) is 0 Å². The normalized spacial score (nSPS) is 27.4. The van der Waals surface area contributed by atoms with Gasteiger partial charge in [0.25, 0.3) is 0 Å². The van der Waals surface area contributed by atoms with Gasteiger partial charge in [0.15, 0.2) is 0 Å². The van der Waals surface area contributed by atoms with Gasteiger partial charge in [0, 0.05) is 0 Å². The van der Waals surface area contributed by atoms with Crippen LogP contribution in [0.15, 0.2) is 0 Å². The average molecular weight is 201 g/mol. The van der Waals surface area contributed by atoms with Crippen molar-refractivity contribution in [3.05, 3.63) is 0 Å². The maximum absolute atomic E-state index is 11.3. The van der Waals surface area contributed by atoms with Gasteiger partial charge in [-0.2, -0.15) is 0 Å². The minimum absolute atomic E-state index is 0.134. The van der Waals surface area contributed by atoms with E-state index in [1.807, 2.05) is 20.8 Å². The van der Waals surface area contributed by atoms with E-state index in [1.54, 1.807) is 0 Å². The van der Waals surface area contributed by atoms with E-state index < -0.39 is 17.8 Å². The number of aliphatic hydroxyl groups is 1. The lowest BCUT2D eigenvalue weighted by molar-refractivity contribution is 0.0450. The van der Waals surface area contributed by atoms with Crippen LogP contribution in [0.5, 0.6) is 0 Å². The van der Waals surface area contributed by atoms with Crippen LogP contribution in [0.2, 0.25) is 0 Å². The highest BCUT2D eigenvalue weighted by Crippen LogP contribution is 2.19. The van der Waals surface area contributed by atoms with Crippen molar-refractivity contribution in [3.8, 4) is 0 Å². The molecule has 2 N–H and O–H groups in total. The standard InChI is InChI=1S/C10H19NO3/c1-10(2,3)14-9(13)11-7-5-4-6-8(7)12/h7-8,12H,4-6H2,1-3H3,(H,11,13)/t7?,8-/m0/s1. The van der Waals surface area contributed by atoms with E-state index in [9.17, 15) is 9.90 Å². The molecule has 1 aliphatic carbocycles. The molecule has 0 bridgehead atoms. The maximum atomic E-state index is 11.3. The molecule has 0 spiro atoms. The molecule has 1 rings (SSSR count). The smallest absolute Gasteiger partial charge is 0.407 e. The number of hydrogen-bond acceptors (Lipinski definition) is 3. The number of amides is 1. The van der Waals surface area contributed by atoms with Gasteiger partial charge in [-0.3, -0.25) is 0 Å². The Hall–Kier alpha value is -0.770. The summed E-state index contributed by atoms with van der Waals surface area (Å²) in [6.45, 7) is 5.45. The number of alkyl carbamates (subject to hydrolysis) is 1. The van der Waals surface area contributed by atoms with Crippen molar-refractivity contribution in [2.45, 2.75) is 57.8 Å². The van der Waals surface area contributed by atoms with E-state index in [2.05, 4.69) is 5.32 Å². The van der Waals surface area contributed by atoms with Gasteiger partial charge in [0.05, 0.1) is 12.1 Å². The molecule has 0 aromatic rings. The summed E-state index contributed by atoms with van der Waals surface area (Å²) < 4.78 is 5.09. The summed E-state index contributed by atoms with van der Waals surface area (Å²) in [5, 5.41) is 12.1. The van der Waals surface area contributed by atoms with Gasteiger partial charge in [-0.15, -0.1) is 0 Å². The van der Waals surface area contributed by atoms with Gasteiger partial charge in [-0.25, -0.2) is 4.79 Å². The van der Waals surface area contributed by atoms with Crippen LogP contribution in [0.25, 0.3) is 0 Å². The first kappa shape index (κ1) is 11.3. The summed E-state index contributed by atoms with van der Waals surface area (Å²) in [6.07, 6.45) is 1.70. The molecule has 0 aromatic heterocycles. The molecule has 2 atom stereocenters. The van der Waals surface area contributed by atoms with Gasteiger partial charge >= 0.3 is 6.09 Å². The van der Waals surface area contributed by atoms with E-state index >= 15 is 0 Å². The number of nitrogens with one attached hydrogen (secondary N) is 1. The van der Waals surface area contributed by atoms with Crippen LogP contribution in [0.4, 0.5) is 4.79 Å². The van der Waals surface area contributed by atoms with E-state index in [0.29, 0.717) is 0 Å². The predicted octanol–water partition coefficient (Wildman–Crippen LogP) is 1.42. The van der Waals surface area contributed by atoms with Crippen LogP contribution >= 0.6 is 0 Å². The Morgan fingerprint density at radius 1 is 1.43 bits per heavy atom. The quantitative estimate of drug-likeness (QED) is 0.674. The lowest BCUT2D eigenvalue weighted by Crippen LogP contribution is -2.42. The van der Waals surface area contributed by atoms with E-state index in [0.717, 1.165) is 19.3 Å². The molecule has 82 valence electrons. The topological polar surface area (TPSA) is 58.6 Å². The first-order valence-electron chi connectivity index (χ1n) is 5.06. The fourth-order valence-electron chi connectivity index (χ4n) is 1.57. The molecule has 1 aliphatic rings. The molecule has 14 heavy (non-hydrogen) atoms. The Bertz CT molecular complexity index is 210. The Balaban J connectivity index is 2.33. The summed E-state index contributed by atoms with van der Waals surface area (Å²) >= 11 is 0. The van der Waals surface area contributed by atoms with Crippen molar-refractivity contribution in [2.75, 3.05) is 0 Å². The van der Waals surface area contributed by atoms with Crippen LogP contribution in [0.1, 0.15) is 40.0 Å². The second-order valence-corrected chi connectivity index (χ2v) is 4.75. The van der Waals surface area contributed by atoms with Gasteiger partial charge < -0.3 is 15.2 Å². The van der Waals surface area contributed by atoms with Crippen LogP contribution in [-0.2, 0) is 4.74 Å². The van der Waals surface area contributed by atoms with Crippen molar-refractivity contribution in [1.29, 1.82) is 0 Å². The SMILES string of the molecule is CC(C)(C)OC(=O)NC1CCC[C@@H]1O. The third-order valence-electron chi connectivity index (χ3n) is 2.18. The summed E-state index contributed by atoms with van der Waals surface area (Å²) in [4.78, 5) is 11.3. The van der Waals surface area contributed by atoms with E-state index in [-0.39, 0.29) is 6.04 Å². The summed E-state index contributed by atoms with van der Waals surface area (Å²) in [5.41, 5.74) is -0.479. The predicted molar refractivity (Wildman–Crippen MR) is 53.0 cm³/mol. The minimum atomic E-state index is -0.479. The largest absolute Gasteiger partial charge is 0.444 e. The van der Waals surface area contributed by atoms with Crippen molar-refractivity contribution in [2.24, 2.45) is 0 Å². The third kappa shape index (κ3) is 3.54. The zero-order valence-electron chi connectivity index (χ0n) is 9.04. The summed E-state index contributed by atoms with van der Waals surface area (Å²) in [5.74, 6) is 0. The zero-order valence-corrected chi connectivity index (χ0v) is 9.04. The Morgan fingerprint density at radius 2 is 2.07 bits per heavy atom. The molecular weight excluding hydrogens is 182 g/mol. The molecule has 1 saturated carbocycles. The number of carbonyl (C=O) groups excluding carboxylic acids is 1. The van der Waals surface area contributed by atoms with Crippen molar-refractivity contribution in [3.63, 3.8) is 0 Å². The fourth-order valence-corrected chi connectivity index (χ4v) is 1.57. The second-order valence-electron chi connectivity index (χ2n) is 4.75. The van der Waals surface area contributed by atoms with Crippen LogP contribution in [-0.4, -0.2) is 28.9 Å². The minimum Gasteiger partial charge on any atom is -0.444 e. The lowest BCUT2D eigenvalue weighted by Gasteiger charge is -2.22. The van der Waals surface area contributed by atoms with Gasteiger partial charge in [0.1, 0.15) is 5.60 Å². The average Bonchev–Trinajstić information content (AvgIpc) is 2.32. The van der Waals surface area contributed by atoms with Crippen molar-refractivity contribution in [1.82, 2.24) is 5.32 Å². The highest BCUT2D eigenvalue weighted by atomic mass is 16.6. The molecule has 1 unspecified atom stereocenters. The number of carbonyl (C=O) groups is 1. The summed E-state index contributed by atoms with van der Waals surface area (Å²) in [7, 11) is 0. The molecule has 4 heteroatoms. The van der Waals surface area contributed by atoms with Gasteiger partial charge in [-0.05, 0) is 40.0 Å². The van der Waals surface area contributed by atoms with E-state index in [1.165, 1.54) is 0 Å². The summed E-state index contributed by atoms with van der Waals surface area (Å²) in [6, 6.07) is -0.134. The van der Waals surface area contributed by atoms with Gasteiger partial charge in [-0.1, -0.05) is 0 Å². The molecule has 0 saturated heterocycles. The third-order valence-corrected chi connectivity index (χ3v) is 2.18. The monoisotopic (exact) mass is 201 g/mol. The lowest BCUT2D eigenvalue weighted by atomic mass is 10.2. The molecule has 0 radical (unpaired) electrons.